The number of piperazine rings is 1. The van der Waals surface area contributed by atoms with Gasteiger partial charge in [-0.05, 0) is 26.3 Å². The molecule has 14 heavy (non-hydrogen) atoms. The van der Waals surface area contributed by atoms with Gasteiger partial charge in [-0.25, -0.2) is 0 Å². The van der Waals surface area contributed by atoms with Gasteiger partial charge in [0.15, 0.2) is 0 Å². The van der Waals surface area contributed by atoms with Crippen LogP contribution < -0.4 is 5.73 Å². The number of nitrogens with two attached hydrogens (primary N) is 1. The molecule has 0 spiro atoms. The van der Waals surface area contributed by atoms with Crippen LogP contribution in [0.25, 0.3) is 0 Å². The van der Waals surface area contributed by atoms with E-state index in [0.29, 0.717) is 6.04 Å². The van der Waals surface area contributed by atoms with Gasteiger partial charge in [0.1, 0.15) is 0 Å². The fraction of sp³-hybridized carbons (Fsp3) is 0.900. The van der Waals surface area contributed by atoms with Crippen LogP contribution in [0.15, 0.2) is 0 Å². The topological polar surface area (TPSA) is 49.6 Å². The first-order valence-corrected chi connectivity index (χ1v) is 5.47. The molecule has 0 aromatic rings. The van der Waals surface area contributed by atoms with Crippen molar-refractivity contribution in [1.29, 1.82) is 0 Å². The molecule has 0 aromatic carbocycles. The number of nitrogens with zero attached hydrogens (tertiary/aromatic N) is 2. The van der Waals surface area contributed by atoms with E-state index in [9.17, 15) is 4.79 Å². The van der Waals surface area contributed by atoms with E-state index in [-0.39, 0.29) is 11.9 Å². The lowest BCUT2D eigenvalue weighted by Gasteiger charge is -2.38. The number of amides is 1. The fourth-order valence-electron chi connectivity index (χ4n) is 2.48. The molecule has 2 heterocycles. The van der Waals surface area contributed by atoms with Gasteiger partial charge >= 0.3 is 0 Å². The standard InChI is InChI=1S/C10H19N3O/c1-8(11)10(14)13-6-5-12-4-2-3-9(12)7-13/h8-9H,2-7,11H2,1H3/t8-,9-/m1/s1. The maximum absolute atomic E-state index is 11.7. The van der Waals surface area contributed by atoms with Gasteiger partial charge in [-0.1, -0.05) is 0 Å². The molecule has 4 heteroatoms. The molecule has 0 saturated carbocycles. The molecule has 2 rings (SSSR count). The zero-order valence-corrected chi connectivity index (χ0v) is 8.78. The van der Waals surface area contributed by atoms with Crippen molar-refractivity contribution < 1.29 is 4.79 Å². The molecule has 80 valence electrons. The summed E-state index contributed by atoms with van der Waals surface area (Å²) in [5.74, 6) is 0.108. The number of carbonyl (C=O) groups excluding carboxylic acids is 1. The van der Waals surface area contributed by atoms with E-state index in [1.165, 1.54) is 19.4 Å². The van der Waals surface area contributed by atoms with E-state index in [2.05, 4.69) is 4.90 Å². The number of carbonyl (C=O) groups is 1. The highest BCUT2D eigenvalue weighted by atomic mass is 16.2. The Morgan fingerprint density at radius 3 is 2.93 bits per heavy atom. The minimum atomic E-state index is -0.344. The monoisotopic (exact) mass is 197 g/mol. The van der Waals surface area contributed by atoms with Crippen LogP contribution in [0.1, 0.15) is 19.8 Å². The molecule has 4 nitrogen and oxygen atoms in total. The van der Waals surface area contributed by atoms with E-state index < -0.39 is 0 Å². The Bertz CT molecular complexity index is 229. The molecule has 0 radical (unpaired) electrons. The third-order valence-electron chi connectivity index (χ3n) is 3.29. The normalized spacial score (nSPS) is 30.1. The first-order chi connectivity index (χ1) is 6.68. The van der Waals surface area contributed by atoms with Crippen LogP contribution in [0.2, 0.25) is 0 Å². The van der Waals surface area contributed by atoms with E-state index in [0.717, 1.165) is 19.6 Å². The van der Waals surface area contributed by atoms with Crippen molar-refractivity contribution in [2.45, 2.75) is 31.8 Å². The second-order valence-electron chi connectivity index (χ2n) is 4.40. The molecule has 2 atom stereocenters. The van der Waals surface area contributed by atoms with Gasteiger partial charge in [0.25, 0.3) is 0 Å². The quantitative estimate of drug-likeness (QED) is 0.624. The van der Waals surface area contributed by atoms with Crippen LogP contribution in [0.3, 0.4) is 0 Å². The molecule has 0 aromatic heterocycles. The summed E-state index contributed by atoms with van der Waals surface area (Å²) in [7, 11) is 0. The van der Waals surface area contributed by atoms with E-state index in [1.807, 2.05) is 4.90 Å². The minimum absolute atomic E-state index is 0.108. The van der Waals surface area contributed by atoms with Crippen LogP contribution in [0.4, 0.5) is 0 Å². The van der Waals surface area contributed by atoms with Crippen LogP contribution in [0.5, 0.6) is 0 Å². The molecule has 0 aliphatic carbocycles. The number of fused-ring (bicyclic) bond motifs is 1. The lowest BCUT2D eigenvalue weighted by molar-refractivity contribution is -0.134. The summed E-state index contributed by atoms with van der Waals surface area (Å²) in [6.45, 7) is 5.76. The molecular formula is C10H19N3O. The van der Waals surface area contributed by atoms with Gasteiger partial charge in [-0.2, -0.15) is 0 Å². The zero-order valence-electron chi connectivity index (χ0n) is 8.78. The number of hydrogen-bond acceptors (Lipinski definition) is 3. The average molecular weight is 197 g/mol. The van der Waals surface area contributed by atoms with Crippen molar-refractivity contribution in [2.75, 3.05) is 26.2 Å². The van der Waals surface area contributed by atoms with Crippen molar-refractivity contribution in [2.24, 2.45) is 5.73 Å². The van der Waals surface area contributed by atoms with Crippen LogP contribution in [0, 0.1) is 0 Å². The van der Waals surface area contributed by atoms with E-state index in [4.69, 9.17) is 5.73 Å². The molecule has 1 amide bonds. The Balaban J connectivity index is 1.94. The van der Waals surface area contributed by atoms with Crippen molar-refractivity contribution in [3.63, 3.8) is 0 Å². The lowest BCUT2D eigenvalue weighted by atomic mass is 10.1. The predicted molar refractivity (Wildman–Crippen MR) is 54.8 cm³/mol. The van der Waals surface area contributed by atoms with Gasteiger partial charge in [0, 0.05) is 25.7 Å². The summed E-state index contributed by atoms with van der Waals surface area (Å²) in [6.07, 6.45) is 2.52. The summed E-state index contributed by atoms with van der Waals surface area (Å²) in [4.78, 5) is 16.1. The van der Waals surface area contributed by atoms with Crippen molar-refractivity contribution in [1.82, 2.24) is 9.80 Å². The van der Waals surface area contributed by atoms with E-state index >= 15 is 0 Å². The fourth-order valence-corrected chi connectivity index (χ4v) is 2.48. The van der Waals surface area contributed by atoms with Crippen LogP contribution in [-0.4, -0.2) is 54.0 Å². The summed E-state index contributed by atoms with van der Waals surface area (Å²) in [5.41, 5.74) is 5.60. The molecule has 2 aliphatic rings. The largest absolute Gasteiger partial charge is 0.339 e. The van der Waals surface area contributed by atoms with Gasteiger partial charge < -0.3 is 10.6 Å². The molecule has 2 saturated heterocycles. The molecular weight excluding hydrogens is 178 g/mol. The van der Waals surface area contributed by atoms with Gasteiger partial charge in [-0.3, -0.25) is 9.69 Å². The molecule has 2 N–H and O–H groups in total. The third kappa shape index (κ3) is 1.77. The SMILES string of the molecule is C[C@@H](N)C(=O)N1CCN2CCC[C@@H]2C1. The Morgan fingerprint density at radius 1 is 1.43 bits per heavy atom. The van der Waals surface area contributed by atoms with Crippen LogP contribution in [-0.2, 0) is 4.79 Å². The average Bonchev–Trinajstić information content (AvgIpc) is 2.62. The summed E-state index contributed by atoms with van der Waals surface area (Å²) in [6, 6.07) is 0.259. The second-order valence-corrected chi connectivity index (χ2v) is 4.40. The summed E-state index contributed by atoms with van der Waals surface area (Å²) in [5, 5.41) is 0. The third-order valence-corrected chi connectivity index (χ3v) is 3.29. The Morgan fingerprint density at radius 2 is 2.21 bits per heavy atom. The van der Waals surface area contributed by atoms with Gasteiger partial charge in [0.05, 0.1) is 6.04 Å². The minimum Gasteiger partial charge on any atom is -0.339 e. The smallest absolute Gasteiger partial charge is 0.239 e. The first kappa shape index (κ1) is 9.93. The van der Waals surface area contributed by atoms with Crippen molar-refractivity contribution >= 4 is 5.91 Å². The highest BCUT2D eigenvalue weighted by molar-refractivity contribution is 5.81. The molecule has 2 fully saturated rings. The molecule has 0 bridgehead atoms. The van der Waals surface area contributed by atoms with Gasteiger partial charge in [0.2, 0.25) is 5.91 Å². The Kier molecular flexibility index (Phi) is 2.74. The summed E-state index contributed by atoms with van der Waals surface area (Å²) >= 11 is 0. The van der Waals surface area contributed by atoms with Crippen LogP contribution >= 0.6 is 0 Å². The van der Waals surface area contributed by atoms with Crippen molar-refractivity contribution in [3.8, 4) is 0 Å². The molecule has 2 aliphatic heterocycles. The first-order valence-electron chi connectivity index (χ1n) is 5.47. The Hall–Kier alpha value is -0.610. The highest BCUT2D eigenvalue weighted by Crippen LogP contribution is 2.21. The number of hydrogen-bond donors (Lipinski definition) is 1. The van der Waals surface area contributed by atoms with E-state index in [1.54, 1.807) is 6.92 Å². The zero-order chi connectivity index (χ0) is 10.1. The lowest BCUT2D eigenvalue weighted by Crippen LogP contribution is -2.55. The summed E-state index contributed by atoms with van der Waals surface area (Å²) < 4.78 is 0. The maximum atomic E-state index is 11.7. The highest BCUT2D eigenvalue weighted by Gasteiger charge is 2.32. The second kappa shape index (κ2) is 3.87. The maximum Gasteiger partial charge on any atom is 0.239 e. The molecule has 0 unspecified atom stereocenters. The van der Waals surface area contributed by atoms with Gasteiger partial charge in [-0.15, -0.1) is 0 Å². The van der Waals surface area contributed by atoms with Crippen molar-refractivity contribution in [3.05, 3.63) is 0 Å². The number of rotatable bonds is 1. The predicted octanol–water partition coefficient (Wildman–Crippen LogP) is -0.360. The Labute approximate surface area is 85.0 Å².